The number of nitrogens with one attached hydrogen (secondary N) is 2. The van der Waals surface area contributed by atoms with Crippen LogP contribution >= 0.6 is 11.3 Å². The van der Waals surface area contributed by atoms with Gasteiger partial charge in [-0.15, -0.1) is 0 Å². The normalized spacial score (nSPS) is 12.1. The summed E-state index contributed by atoms with van der Waals surface area (Å²) in [4.78, 5) is 18.0. The van der Waals surface area contributed by atoms with Gasteiger partial charge < -0.3 is 5.43 Å². The summed E-state index contributed by atoms with van der Waals surface area (Å²) in [6.07, 6.45) is 0. The van der Waals surface area contributed by atoms with Crippen LogP contribution in [-0.2, 0) is 0 Å². The van der Waals surface area contributed by atoms with E-state index in [0.717, 1.165) is 28.0 Å². The molecular weight excluding hydrogens is 382 g/mol. The van der Waals surface area contributed by atoms with Crippen LogP contribution < -0.4 is 11.0 Å². The standard InChI is InChI=1S/C22H23N5OS/c1-14(2)13-23-25-15(3)19-20(16-9-5-4-6-10-16)26-27(21(19)28)22-24-17-11-7-8-12-18(17)29-22/h4-12,14,23,26H,13H2,1-3H3/b25-15-. The summed E-state index contributed by atoms with van der Waals surface area (Å²) < 4.78 is 2.56. The Kier molecular flexibility index (Phi) is 5.31. The lowest BCUT2D eigenvalue weighted by molar-refractivity contribution is 0.570. The zero-order valence-corrected chi connectivity index (χ0v) is 17.5. The monoisotopic (exact) mass is 405 g/mol. The van der Waals surface area contributed by atoms with Crippen molar-refractivity contribution in [2.75, 3.05) is 6.54 Å². The Hall–Kier alpha value is -3.19. The van der Waals surface area contributed by atoms with Gasteiger partial charge in [0.25, 0.3) is 5.56 Å². The minimum atomic E-state index is -0.157. The number of thiazole rings is 1. The van der Waals surface area contributed by atoms with Crippen LogP contribution in [0.15, 0.2) is 64.5 Å². The lowest BCUT2D eigenvalue weighted by Crippen LogP contribution is -2.22. The van der Waals surface area contributed by atoms with E-state index in [4.69, 9.17) is 0 Å². The number of hydrogen-bond acceptors (Lipinski definition) is 5. The molecule has 0 fully saturated rings. The second kappa shape index (κ2) is 8.05. The zero-order valence-electron chi connectivity index (χ0n) is 16.6. The molecule has 0 spiro atoms. The molecule has 0 aliphatic carbocycles. The fraction of sp³-hybridized carbons (Fsp3) is 0.227. The molecule has 6 nitrogen and oxygen atoms in total. The highest BCUT2D eigenvalue weighted by atomic mass is 32.1. The second-order valence-electron chi connectivity index (χ2n) is 7.29. The Morgan fingerprint density at radius 2 is 1.90 bits per heavy atom. The minimum absolute atomic E-state index is 0.157. The first-order chi connectivity index (χ1) is 14.0. The van der Waals surface area contributed by atoms with Gasteiger partial charge in [0.15, 0.2) is 0 Å². The highest BCUT2D eigenvalue weighted by molar-refractivity contribution is 7.20. The van der Waals surface area contributed by atoms with Crippen LogP contribution in [0.2, 0.25) is 0 Å². The van der Waals surface area contributed by atoms with Gasteiger partial charge in [0.1, 0.15) is 0 Å². The van der Waals surface area contributed by atoms with E-state index in [-0.39, 0.29) is 5.56 Å². The van der Waals surface area contributed by atoms with Gasteiger partial charge in [-0.1, -0.05) is 67.6 Å². The quantitative estimate of drug-likeness (QED) is 0.368. The van der Waals surface area contributed by atoms with Crippen LogP contribution in [-0.4, -0.2) is 27.0 Å². The molecule has 0 saturated heterocycles. The van der Waals surface area contributed by atoms with E-state index in [9.17, 15) is 4.79 Å². The molecule has 0 aliphatic rings. The maximum Gasteiger partial charge on any atom is 0.283 e. The molecule has 0 radical (unpaired) electrons. The van der Waals surface area contributed by atoms with E-state index in [1.165, 1.54) is 16.0 Å². The van der Waals surface area contributed by atoms with Crippen molar-refractivity contribution >= 4 is 27.3 Å². The Morgan fingerprint density at radius 1 is 1.17 bits per heavy atom. The van der Waals surface area contributed by atoms with Gasteiger partial charge in [-0.05, 0) is 25.0 Å². The Bertz CT molecular complexity index is 1180. The van der Waals surface area contributed by atoms with Crippen molar-refractivity contribution in [2.45, 2.75) is 20.8 Å². The van der Waals surface area contributed by atoms with Crippen molar-refractivity contribution in [3.63, 3.8) is 0 Å². The number of hydrogen-bond donors (Lipinski definition) is 2. The van der Waals surface area contributed by atoms with Gasteiger partial charge in [0.2, 0.25) is 5.13 Å². The number of aromatic amines is 1. The van der Waals surface area contributed by atoms with Crippen LogP contribution in [0.25, 0.3) is 26.6 Å². The van der Waals surface area contributed by atoms with Gasteiger partial charge in [-0.25, -0.2) is 4.98 Å². The molecule has 4 rings (SSSR count). The van der Waals surface area contributed by atoms with E-state index >= 15 is 0 Å². The molecule has 148 valence electrons. The van der Waals surface area contributed by atoms with Gasteiger partial charge in [-0.2, -0.15) is 9.78 Å². The van der Waals surface area contributed by atoms with E-state index in [2.05, 4.69) is 34.5 Å². The molecule has 7 heteroatoms. The number of benzene rings is 2. The number of rotatable bonds is 6. The third-order valence-corrected chi connectivity index (χ3v) is 5.56. The van der Waals surface area contributed by atoms with Crippen molar-refractivity contribution in [3.8, 4) is 16.4 Å². The minimum Gasteiger partial charge on any atom is -0.310 e. The number of nitrogens with zero attached hydrogens (tertiary/aromatic N) is 3. The topological polar surface area (TPSA) is 75.1 Å². The lowest BCUT2D eigenvalue weighted by Gasteiger charge is -2.06. The first-order valence-corrected chi connectivity index (χ1v) is 10.4. The highest BCUT2D eigenvalue weighted by Gasteiger charge is 2.21. The molecule has 2 aromatic heterocycles. The van der Waals surface area contributed by atoms with Crippen molar-refractivity contribution in [3.05, 3.63) is 70.5 Å². The molecule has 0 unspecified atom stereocenters. The van der Waals surface area contributed by atoms with Crippen LogP contribution in [0.1, 0.15) is 26.3 Å². The maximum absolute atomic E-state index is 13.4. The first kappa shape index (κ1) is 19.1. The van der Waals surface area contributed by atoms with Crippen LogP contribution in [0, 0.1) is 5.92 Å². The molecule has 4 aromatic rings. The second-order valence-corrected chi connectivity index (χ2v) is 8.29. The van der Waals surface area contributed by atoms with Gasteiger partial charge in [0.05, 0.1) is 27.2 Å². The molecule has 29 heavy (non-hydrogen) atoms. The van der Waals surface area contributed by atoms with Crippen molar-refractivity contribution in [1.82, 2.24) is 20.2 Å². The predicted octanol–water partition coefficient (Wildman–Crippen LogP) is 4.41. The molecule has 2 aromatic carbocycles. The summed E-state index contributed by atoms with van der Waals surface area (Å²) in [6.45, 7) is 6.83. The Balaban J connectivity index is 1.86. The SMILES string of the molecule is C/C(=N/NCC(C)C)c1c(-c2ccccc2)[nH]n(-c2nc3ccccc3s2)c1=O. The molecular formula is C22H23N5OS. The van der Waals surface area contributed by atoms with E-state index in [0.29, 0.717) is 22.3 Å². The van der Waals surface area contributed by atoms with Crippen molar-refractivity contribution in [1.29, 1.82) is 0 Å². The molecule has 0 atom stereocenters. The van der Waals surface area contributed by atoms with Crippen LogP contribution in [0.3, 0.4) is 0 Å². The molecule has 0 saturated carbocycles. The smallest absolute Gasteiger partial charge is 0.283 e. The van der Waals surface area contributed by atoms with E-state index in [1.54, 1.807) is 0 Å². The number of para-hydroxylation sites is 1. The summed E-state index contributed by atoms with van der Waals surface area (Å²) in [5.41, 5.74) is 6.65. The summed E-state index contributed by atoms with van der Waals surface area (Å²) in [7, 11) is 0. The average Bonchev–Trinajstić information content (AvgIpc) is 3.29. The van der Waals surface area contributed by atoms with Crippen molar-refractivity contribution in [2.24, 2.45) is 11.0 Å². The number of aromatic nitrogens is 3. The van der Waals surface area contributed by atoms with Crippen molar-refractivity contribution < 1.29 is 0 Å². The van der Waals surface area contributed by atoms with Gasteiger partial charge >= 0.3 is 0 Å². The summed E-state index contributed by atoms with van der Waals surface area (Å²) >= 11 is 1.48. The van der Waals surface area contributed by atoms with Gasteiger partial charge in [-0.3, -0.25) is 9.89 Å². The predicted molar refractivity (Wildman–Crippen MR) is 120 cm³/mol. The maximum atomic E-state index is 13.4. The summed E-state index contributed by atoms with van der Waals surface area (Å²) in [5, 5.41) is 8.33. The Labute approximate surface area is 172 Å². The molecule has 0 bridgehead atoms. The summed E-state index contributed by atoms with van der Waals surface area (Å²) in [6, 6.07) is 17.7. The average molecular weight is 406 g/mol. The highest BCUT2D eigenvalue weighted by Crippen LogP contribution is 2.26. The fourth-order valence-corrected chi connectivity index (χ4v) is 4.01. The number of hydrazone groups is 1. The van der Waals surface area contributed by atoms with E-state index in [1.807, 2.05) is 61.5 Å². The third-order valence-electron chi connectivity index (χ3n) is 4.54. The van der Waals surface area contributed by atoms with Crippen LogP contribution in [0.5, 0.6) is 0 Å². The fourth-order valence-electron chi connectivity index (χ4n) is 3.08. The van der Waals surface area contributed by atoms with Crippen LogP contribution in [0.4, 0.5) is 0 Å². The molecule has 2 heterocycles. The van der Waals surface area contributed by atoms with Gasteiger partial charge in [0, 0.05) is 12.1 Å². The largest absolute Gasteiger partial charge is 0.310 e. The van der Waals surface area contributed by atoms with E-state index < -0.39 is 0 Å². The molecule has 0 aliphatic heterocycles. The third kappa shape index (κ3) is 3.86. The molecule has 2 N–H and O–H groups in total. The zero-order chi connectivity index (χ0) is 20.4. The Morgan fingerprint density at radius 3 is 2.62 bits per heavy atom. The molecule has 0 amide bonds. The number of fused-ring (bicyclic) bond motifs is 1. The lowest BCUT2D eigenvalue weighted by atomic mass is 10.1. The number of H-pyrrole nitrogens is 1. The first-order valence-electron chi connectivity index (χ1n) is 9.58. The summed E-state index contributed by atoms with van der Waals surface area (Å²) in [5.74, 6) is 0.464.